The first kappa shape index (κ1) is 80.3. The van der Waals surface area contributed by atoms with Crippen LogP contribution in [0.3, 0.4) is 0 Å². The number of nitrogens with zero attached hydrogens (tertiary/aromatic N) is 15. The Balaban J connectivity index is 0.000000110. The van der Waals surface area contributed by atoms with Crippen molar-refractivity contribution in [2.24, 2.45) is 0 Å². The van der Waals surface area contributed by atoms with Crippen molar-refractivity contribution < 1.29 is 13.3 Å². The summed E-state index contributed by atoms with van der Waals surface area (Å²) in [5, 5.41) is 21.5. The minimum absolute atomic E-state index is 0.508. The summed E-state index contributed by atoms with van der Waals surface area (Å²) in [5.41, 5.74) is 23.4. The number of rotatable bonds is 12. The lowest BCUT2D eigenvalue weighted by atomic mass is 10.0. The summed E-state index contributed by atoms with van der Waals surface area (Å²) in [4.78, 5) is 53.1. The van der Waals surface area contributed by atoms with Crippen LogP contribution in [0.25, 0.3) is 260 Å². The first-order chi connectivity index (χ1) is 68.3. The molecule has 138 heavy (non-hydrogen) atoms. The van der Waals surface area contributed by atoms with Gasteiger partial charge in [0.15, 0.2) is 63.8 Å². The zero-order valence-electron chi connectivity index (χ0n) is 73.3. The number of para-hydroxylation sites is 6. The van der Waals surface area contributed by atoms with Gasteiger partial charge in [-0.2, -0.15) is 5.26 Å². The summed E-state index contributed by atoms with van der Waals surface area (Å²) >= 11 is 0. The van der Waals surface area contributed by atoms with Crippen LogP contribution in [0.1, 0.15) is 5.56 Å². The van der Waals surface area contributed by atoms with Gasteiger partial charge in [-0.3, -0.25) is 0 Å². The maximum Gasteiger partial charge on any atom is 0.198 e. The predicted octanol–water partition coefficient (Wildman–Crippen LogP) is 30.6. The van der Waals surface area contributed by atoms with E-state index < -0.39 is 0 Å². The molecule has 0 aliphatic heterocycles. The van der Waals surface area contributed by atoms with Gasteiger partial charge in [0.05, 0.1) is 57.9 Å². The third kappa shape index (κ3) is 13.7. The van der Waals surface area contributed by atoms with Gasteiger partial charge in [0.1, 0.15) is 33.5 Å². The van der Waals surface area contributed by atoms with Gasteiger partial charge in [0.2, 0.25) is 0 Å². The molecule has 0 N–H and O–H groups in total. The molecule has 0 fully saturated rings. The van der Waals surface area contributed by atoms with Gasteiger partial charge >= 0.3 is 0 Å². The molecule has 9 aromatic heterocycles. The fourth-order valence-electron chi connectivity index (χ4n) is 19.4. The molecule has 27 rings (SSSR count). The van der Waals surface area contributed by atoms with Gasteiger partial charge in [-0.1, -0.05) is 291 Å². The summed E-state index contributed by atoms with van der Waals surface area (Å²) in [5.74, 6) is 5.08. The van der Waals surface area contributed by atoms with Crippen molar-refractivity contribution in [1.29, 1.82) is 5.26 Å². The number of benzene rings is 18. The van der Waals surface area contributed by atoms with E-state index in [1.54, 1.807) is 0 Å². The Labute approximate surface area is 787 Å². The van der Waals surface area contributed by atoms with Crippen molar-refractivity contribution in [3.8, 4) is 126 Å². The summed E-state index contributed by atoms with van der Waals surface area (Å²) in [7, 11) is 0. The zero-order valence-corrected chi connectivity index (χ0v) is 73.3. The topological polar surface area (TPSA) is 203 Å². The van der Waals surface area contributed by atoms with E-state index in [1.165, 1.54) is 0 Å². The second-order valence-corrected chi connectivity index (χ2v) is 33.4. The van der Waals surface area contributed by atoms with Gasteiger partial charge in [0, 0.05) is 132 Å². The van der Waals surface area contributed by atoms with Crippen LogP contribution in [0.2, 0.25) is 0 Å². The fraction of sp³-hybridized carbons (Fsp3) is 0. The molecule has 0 saturated carbocycles. The van der Waals surface area contributed by atoms with Crippen molar-refractivity contribution in [3.05, 3.63) is 447 Å². The van der Waals surface area contributed by atoms with E-state index in [0.717, 1.165) is 165 Å². The average molecular weight is 1770 g/mol. The van der Waals surface area contributed by atoms with Gasteiger partial charge in [-0.05, 0) is 127 Å². The van der Waals surface area contributed by atoms with E-state index in [0.29, 0.717) is 103 Å². The quantitative estimate of drug-likeness (QED) is 0.105. The van der Waals surface area contributed by atoms with Gasteiger partial charge in [-0.25, -0.2) is 54.5 Å². The Kier molecular flexibility index (Phi) is 19.5. The standard InChI is InChI=1S/3C40H23N5O/c1-41-31-18-11-21-34-37(31)29-23-22-26(24-35(29)46-34)39-42-38(25-12-4-2-5-13-25)43-40(44-39)30-17-10-20-33-36(30)28-16-8-9-19-32(28)45(33)27-14-6-3-7-15-27;1-41-31-18-11-21-35-37(31)30-24-26(22-23-34(30)46-35)39-42-38(25-12-4-2-5-13-25)43-40(44-39)29-17-10-20-33-36(29)28-16-8-9-19-32(28)45(33)27-14-6-3-7-15-27;41-24-26-14-9-22-33-35(26)37-30(19-11-23-34(37)46-33)40-43-38(25-12-3-1-4-13-25)42-39(44-40)29-18-10-21-32-36(29)28-17-7-8-20-31(28)45(32)27-15-5-2-6-16-27/h2*2-24H;1-23H. The molecule has 18 aromatic carbocycles. The van der Waals surface area contributed by atoms with Crippen LogP contribution in [-0.2, 0) is 0 Å². The Morgan fingerprint density at radius 1 is 0.210 bits per heavy atom. The highest BCUT2D eigenvalue weighted by atomic mass is 16.3. The van der Waals surface area contributed by atoms with Crippen LogP contribution in [0.15, 0.2) is 432 Å². The lowest BCUT2D eigenvalue weighted by molar-refractivity contribution is 0.668. The van der Waals surface area contributed by atoms with Gasteiger partial charge in [0.25, 0.3) is 0 Å². The van der Waals surface area contributed by atoms with Gasteiger partial charge < -0.3 is 27.0 Å². The molecule has 0 aliphatic carbocycles. The minimum Gasteiger partial charge on any atom is -0.457 e. The number of nitriles is 1. The normalized spacial score (nSPS) is 11.5. The molecule has 18 nitrogen and oxygen atoms in total. The van der Waals surface area contributed by atoms with Crippen molar-refractivity contribution in [1.82, 2.24) is 58.6 Å². The lowest BCUT2D eigenvalue weighted by Gasteiger charge is -2.11. The Bertz CT molecular complexity index is 9710. The van der Waals surface area contributed by atoms with Crippen molar-refractivity contribution in [3.63, 3.8) is 0 Å². The van der Waals surface area contributed by atoms with Crippen molar-refractivity contribution >= 4 is 143 Å². The first-order valence-corrected chi connectivity index (χ1v) is 45.0. The zero-order chi connectivity index (χ0) is 91.8. The summed E-state index contributed by atoms with van der Waals surface area (Å²) in [6.07, 6.45) is 0. The molecule has 0 atom stereocenters. The van der Waals surface area contributed by atoms with E-state index in [1.807, 2.05) is 218 Å². The lowest BCUT2D eigenvalue weighted by Crippen LogP contribution is -2.01. The summed E-state index contributed by atoms with van der Waals surface area (Å²) in [6.45, 7) is 15.4. The minimum atomic E-state index is 0.508. The summed E-state index contributed by atoms with van der Waals surface area (Å²) in [6, 6.07) is 142. The highest BCUT2D eigenvalue weighted by Gasteiger charge is 2.28. The average Bonchev–Trinajstić information content (AvgIpc) is 1.58. The Morgan fingerprint density at radius 2 is 0.507 bits per heavy atom. The Morgan fingerprint density at radius 3 is 0.920 bits per heavy atom. The van der Waals surface area contributed by atoms with E-state index >= 15 is 0 Å². The van der Waals surface area contributed by atoms with Crippen LogP contribution < -0.4 is 0 Å². The van der Waals surface area contributed by atoms with Crippen molar-refractivity contribution in [2.45, 2.75) is 0 Å². The number of aromatic nitrogens is 12. The molecule has 27 aromatic rings. The molecule has 0 spiro atoms. The second-order valence-electron chi connectivity index (χ2n) is 33.4. The number of hydrogen-bond acceptors (Lipinski definition) is 13. The highest BCUT2D eigenvalue weighted by Crippen LogP contribution is 2.47. The second kappa shape index (κ2) is 33.6. The molecule has 0 unspecified atom stereocenters. The van der Waals surface area contributed by atoms with Crippen LogP contribution >= 0.6 is 0 Å². The SMILES string of the molecule is N#Cc1cccc2oc3cccc(-c4nc(-c5ccccc5)nc(-c5cccc6c5c5ccccc5n6-c5ccccc5)n4)c3c12.[C-]#[N+]c1cccc2oc3cc(-c4nc(-c5ccccc5)nc(-c5cccc6c5c5ccccc5n6-c5ccccc5)n4)ccc3c12.[C-]#[N+]c1cccc2oc3ccc(-c4nc(-c5ccccc5)nc(-c5cccc6c5c5ccccc5n6-c5ccccc5)n4)cc3c12. The molecule has 0 saturated heterocycles. The van der Waals surface area contributed by atoms with E-state index in [9.17, 15) is 5.26 Å². The molecule has 0 radical (unpaired) electrons. The van der Waals surface area contributed by atoms with Crippen LogP contribution in [0, 0.1) is 24.5 Å². The molecule has 18 heteroatoms. The first-order valence-electron chi connectivity index (χ1n) is 45.0. The molecular weight excluding hydrogens is 1700 g/mol. The third-order valence-electron chi connectivity index (χ3n) is 25.5. The largest absolute Gasteiger partial charge is 0.457 e. The molecule has 9 heterocycles. The number of furan rings is 3. The molecule has 0 amide bonds. The monoisotopic (exact) mass is 1770 g/mol. The van der Waals surface area contributed by atoms with E-state index in [4.69, 9.17) is 71.3 Å². The smallest absolute Gasteiger partial charge is 0.198 e. The van der Waals surface area contributed by atoms with Crippen molar-refractivity contribution in [2.75, 3.05) is 0 Å². The maximum atomic E-state index is 10.00. The summed E-state index contributed by atoms with van der Waals surface area (Å²) < 4.78 is 25.4. The van der Waals surface area contributed by atoms with Crippen LogP contribution in [0.4, 0.5) is 11.4 Å². The third-order valence-corrected chi connectivity index (χ3v) is 25.5. The van der Waals surface area contributed by atoms with Gasteiger partial charge in [-0.15, -0.1) is 0 Å². The van der Waals surface area contributed by atoms with E-state index in [-0.39, 0.29) is 0 Å². The fourth-order valence-corrected chi connectivity index (χ4v) is 19.4. The number of hydrogen-bond donors (Lipinski definition) is 0. The molecular formula is C120H69N15O3. The number of fused-ring (bicyclic) bond motifs is 18. The molecule has 642 valence electrons. The molecule has 0 bridgehead atoms. The molecule has 0 aliphatic rings. The van der Waals surface area contributed by atoms with E-state index in [2.05, 4.69) is 230 Å². The van der Waals surface area contributed by atoms with Crippen LogP contribution in [-0.4, -0.2) is 58.6 Å². The Hall–Kier alpha value is -19.7. The highest BCUT2D eigenvalue weighted by molar-refractivity contribution is 6.20. The van der Waals surface area contributed by atoms with Crippen LogP contribution in [0.5, 0.6) is 0 Å². The predicted molar refractivity (Wildman–Crippen MR) is 550 cm³/mol. The maximum absolute atomic E-state index is 10.00.